The number of allylic oxidation sites excluding steroid dienone is 4. The van der Waals surface area contributed by atoms with Crippen LogP contribution in [0.4, 0.5) is 4.39 Å². The molecule has 0 bridgehead atoms. The van der Waals surface area contributed by atoms with Crippen molar-refractivity contribution in [2.24, 2.45) is 0 Å². The van der Waals surface area contributed by atoms with Crippen molar-refractivity contribution in [3.05, 3.63) is 76.5 Å². The topological polar surface area (TPSA) is 36.3 Å². The first-order valence-electron chi connectivity index (χ1n) is 9.59. The minimum Gasteiger partial charge on any atom is -0.345 e. The molecule has 7 heteroatoms. The molecule has 0 N–H and O–H groups in total. The van der Waals surface area contributed by atoms with Crippen LogP contribution in [0.25, 0.3) is 0 Å². The zero-order chi connectivity index (χ0) is 20.7. The lowest BCUT2D eigenvalue weighted by Crippen LogP contribution is -2.37. The Morgan fingerprint density at radius 1 is 1.34 bits per heavy atom. The molecule has 1 aliphatic rings. The fraction of sp³-hybridized carbons (Fsp3) is 0.409. The lowest BCUT2D eigenvalue weighted by molar-refractivity contribution is -0.180. The van der Waals surface area contributed by atoms with Gasteiger partial charge in [-0.3, -0.25) is 0 Å². The third-order valence-electron chi connectivity index (χ3n) is 4.65. The maximum atomic E-state index is 12.9. The molecule has 2 heterocycles. The minimum atomic E-state index is -0.696. The van der Waals surface area contributed by atoms with Crippen molar-refractivity contribution in [1.82, 2.24) is 9.55 Å². The van der Waals surface area contributed by atoms with Crippen molar-refractivity contribution in [1.29, 1.82) is 0 Å². The number of imidazole rings is 1. The van der Waals surface area contributed by atoms with Crippen LogP contribution in [-0.2, 0) is 22.4 Å². The maximum absolute atomic E-state index is 12.9. The van der Waals surface area contributed by atoms with Crippen molar-refractivity contribution in [2.75, 3.05) is 12.4 Å². The number of benzene rings is 1. The SMILES string of the molecule is C/C(F)=C\C=C(/C)SC[C@@H]1CO[C@@](CCc2ccc(Cl)cc2)(Cn2ccnc2)O1. The average Bonchev–Trinajstić information content (AvgIpc) is 3.35. The van der Waals surface area contributed by atoms with E-state index < -0.39 is 5.79 Å². The highest BCUT2D eigenvalue weighted by Gasteiger charge is 2.41. The van der Waals surface area contributed by atoms with Crippen LogP contribution in [-0.4, -0.2) is 33.8 Å². The molecule has 3 rings (SSSR count). The van der Waals surface area contributed by atoms with E-state index in [1.165, 1.54) is 18.6 Å². The summed E-state index contributed by atoms with van der Waals surface area (Å²) in [4.78, 5) is 5.17. The Morgan fingerprint density at radius 3 is 2.83 bits per heavy atom. The molecule has 0 radical (unpaired) electrons. The number of halogens is 2. The summed E-state index contributed by atoms with van der Waals surface area (Å²) in [6, 6.07) is 7.87. The molecular formula is C22H26ClFN2O2S. The number of aryl methyl sites for hydroxylation is 1. The van der Waals surface area contributed by atoms with Crippen LogP contribution in [0.5, 0.6) is 0 Å². The second-order valence-electron chi connectivity index (χ2n) is 7.16. The van der Waals surface area contributed by atoms with E-state index in [9.17, 15) is 4.39 Å². The van der Waals surface area contributed by atoms with Gasteiger partial charge in [0.05, 0.1) is 31.4 Å². The van der Waals surface area contributed by atoms with E-state index in [0.717, 1.165) is 28.5 Å². The summed E-state index contributed by atoms with van der Waals surface area (Å²) in [5.41, 5.74) is 1.19. The molecule has 1 aromatic heterocycles. The van der Waals surface area contributed by atoms with Crippen molar-refractivity contribution in [2.45, 2.75) is 45.1 Å². The highest BCUT2D eigenvalue weighted by molar-refractivity contribution is 8.03. The van der Waals surface area contributed by atoms with Gasteiger partial charge >= 0.3 is 0 Å². The number of aromatic nitrogens is 2. The molecule has 0 aliphatic carbocycles. The Kier molecular flexibility index (Phi) is 7.95. The summed E-state index contributed by atoms with van der Waals surface area (Å²) < 4.78 is 27.5. The van der Waals surface area contributed by atoms with Gasteiger partial charge in [-0.25, -0.2) is 9.37 Å². The van der Waals surface area contributed by atoms with Crippen LogP contribution in [0.15, 0.2) is 65.9 Å². The molecule has 4 nitrogen and oxygen atoms in total. The fourth-order valence-corrected chi connectivity index (χ4v) is 4.04. The average molecular weight is 437 g/mol. The van der Waals surface area contributed by atoms with E-state index >= 15 is 0 Å². The largest absolute Gasteiger partial charge is 0.345 e. The Morgan fingerprint density at radius 2 is 2.14 bits per heavy atom. The molecule has 1 aromatic carbocycles. The van der Waals surface area contributed by atoms with Gasteiger partial charge in [0.2, 0.25) is 0 Å². The smallest absolute Gasteiger partial charge is 0.187 e. The first-order valence-corrected chi connectivity index (χ1v) is 11.0. The lowest BCUT2D eigenvalue weighted by atomic mass is 10.0. The number of rotatable bonds is 9. The molecule has 0 amide bonds. The fourth-order valence-electron chi connectivity index (χ4n) is 3.14. The zero-order valence-electron chi connectivity index (χ0n) is 16.7. The summed E-state index contributed by atoms with van der Waals surface area (Å²) in [5.74, 6) is -0.140. The third-order valence-corrected chi connectivity index (χ3v) is 6.03. The summed E-state index contributed by atoms with van der Waals surface area (Å²) in [6.07, 6.45) is 10.2. The molecule has 1 saturated heterocycles. The quantitative estimate of drug-likeness (QED) is 0.466. The summed E-state index contributed by atoms with van der Waals surface area (Å²) >= 11 is 7.64. The van der Waals surface area contributed by atoms with Crippen LogP contribution in [0.2, 0.25) is 5.02 Å². The normalized spacial score (nSPS) is 23.0. The van der Waals surface area contributed by atoms with Crippen LogP contribution in [0, 0.1) is 0 Å². The number of hydrogen-bond donors (Lipinski definition) is 0. The van der Waals surface area contributed by atoms with Gasteiger partial charge < -0.3 is 14.0 Å². The number of nitrogens with zero attached hydrogens (tertiary/aromatic N) is 2. The molecule has 156 valence electrons. The van der Waals surface area contributed by atoms with Crippen molar-refractivity contribution >= 4 is 23.4 Å². The van der Waals surface area contributed by atoms with Crippen molar-refractivity contribution < 1.29 is 13.9 Å². The van der Waals surface area contributed by atoms with E-state index in [1.54, 1.807) is 30.4 Å². The highest BCUT2D eigenvalue weighted by atomic mass is 35.5. The van der Waals surface area contributed by atoms with E-state index in [4.69, 9.17) is 21.1 Å². The van der Waals surface area contributed by atoms with Gasteiger partial charge in [0.1, 0.15) is 0 Å². The van der Waals surface area contributed by atoms with Crippen LogP contribution < -0.4 is 0 Å². The second kappa shape index (κ2) is 10.4. The summed E-state index contributed by atoms with van der Waals surface area (Å²) in [5, 5.41) is 0.730. The maximum Gasteiger partial charge on any atom is 0.187 e. The van der Waals surface area contributed by atoms with Crippen LogP contribution in [0.3, 0.4) is 0 Å². The van der Waals surface area contributed by atoms with Gasteiger partial charge in [0.25, 0.3) is 0 Å². The number of hydrogen-bond acceptors (Lipinski definition) is 4. The molecule has 0 spiro atoms. The molecule has 2 aromatic rings. The first-order chi connectivity index (χ1) is 13.9. The molecule has 0 unspecified atom stereocenters. The Hall–Kier alpha value is -1.60. The molecule has 29 heavy (non-hydrogen) atoms. The summed E-state index contributed by atoms with van der Waals surface area (Å²) in [6.45, 7) is 4.53. The van der Waals surface area contributed by atoms with Gasteiger partial charge in [-0.1, -0.05) is 29.8 Å². The molecule has 2 atom stereocenters. The van der Waals surface area contributed by atoms with Crippen molar-refractivity contribution in [3.8, 4) is 0 Å². The predicted molar refractivity (Wildman–Crippen MR) is 117 cm³/mol. The van der Waals surface area contributed by atoms with Crippen LogP contribution >= 0.6 is 23.4 Å². The Bertz CT molecular complexity index is 835. The van der Waals surface area contributed by atoms with E-state index in [2.05, 4.69) is 4.98 Å². The van der Waals surface area contributed by atoms with Gasteiger partial charge in [-0.2, -0.15) is 0 Å². The standard InChI is InChI=1S/C22H26ClFN2O2S/c1-17(24)3-4-18(2)29-14-21-13-27-22(28-21,15-26-12-11-25-16-26)10-9-19-5-7-20(23)8-6-19/h3-8,11-12,16,21H,9-10,13-15H2,1-2H3/b17-3+,18-4+/t21-,22+/m0/s1. The highest BCUT2D eigenvalue weighted by Crippen LogP contribution is 2.33. The second-order valence-corrected chi connectivity index (χ2v) is 8.87. The van der Waals surface area contributed by atoms with Gasteiger partial charge in [-0.15, -0.1) is 11.8 Å². The van der Waals surface area contributed by atoms with Crippen molar-refractivity contribution in [3.63, 3.8) is 0 Å². The lowest BCUT2D eigenvalue weighted by Gasteiger charge is -2.28. The van der Waals surface area contributed by atoms with E-state index in [-0.39, 0.29) is 11.9 Å². The number of ether oxygens (including phenoxy) is 2. The zero-order valence-corrected chi connectivity index (χ0v) is 18.3. The first kappa shape index (κ1) is 22.1. The van der Waals surface area contributed by atoms with Gasteiger partial charge in [-0.05, 0) is 48.9 Å². The van der Waals surface area contributed by atoms with Crippen LogP contribution in [0.1, 0.15) is 25.8 Å². The van der Waals surface area contributed by atoms with E-state index in [1.807, 2.05) is 42.0 Å². The van der Waals surface area contributed by atoms with Gasteiger partial charge in [0, 0.05) is 29.6 Å². The van der Waals surface area contributed by atoms with E-state index in [0.29, 0.717) is 13.2 Å². The minimum absolute atomic E-state index is 0.0208. The third kappa shape index (κ3) is 7.00. The summed E-state index contributed by atoms with van der Waals surface area (Å²) in [7, 11) is 0. The molecule has 1 fully saturated rings. The Balaban J connectivity index is 1.62. The Labute approximate surface area is 180 Å². The molecule has 1 aliphatic heterocycles. The van der Waals surface area contributed by atoms with Gasteiger partial charge in [0.15, 0.2) is 5.79 Å². The molecular weight excluding hydrogens is 411 g/mol. The monoisotopic (exact) mass is 436 g/mol. The number of thioether (sulfide) groups is 1. The molecule has 0 saturated carbocycles. The predicted octanol–water partition coefficient (Wildman–Crippen LogP) is 5.79.